The Morgan fingerprint density at radius 1 is 1.13 bits per heavy atom. The van der Waals surface area contributed by atoms with Crippen molar-refractivity contribution in [3.63, 3.8) is 0 Å². The molecule has 0 aromatic heterocycles. The lowest BCUT2D eigenvalue weighted by molar-refractivity contribution is -0.113. The molecule has 2 aliphatic heterocycles. The molecule has 1 fully saturated rings. The van der Waals surface area contributed by atoms with Crippen molar-refractivity contribution in [3.8, 4) is 11.5 Å². The van der Waals surface area contributed by atoms with E-state index in [9.17, 15) is 13.2 Å². The van der Waals surface area contributed by atoms with Gasteiger partial charge >= 0.3 is 0 Å². The summed E-state index contributed by atoms with van der Waals surface area (Å²) in [6.45, 7) is 1.07. The topological polar surface area (TPSA) is 84.9 Å². The van der Waals surface area contributed by atoms with Crippen LogP contribution >= 0.6 is 11.6 Å². The lowest BCUT2D eigenvalue weighted by Gasteiger charge is -2.26. The molecule has 2 aromatic rings. The first-order valence-electron chi connectivity index (χ1n) is 10.0. The van der Waals surface area contributed by atoms with E-state index in [4.69, 9.17) is 21.1 Å². The Morgan fingerprint density at radius 3 is 2.65 bits per heavy atom. The Morgan fingerprint density at radius 2 is 1.90 bits per heavy atom. The Hall–Kier alpha value is -2.55. The molecule has 0 aliphatic carbocycles. The number of rotatable bonds is 5. The molecule has 2 aromatic carbocycles. The molecule has 2 aliphatic rings. The number of hydrogen-bond donors (Lipinski definition) is 1. The van der Waals surface area contributed by atoms with E-state index in [0.29, 0.717) is 40.7 Å². The predicted molar refractivity (Wildman–Crippen MR) is 119 cm³/mol. The van der Waals surface area contributed by atoms with Gasteiger partial charge in [-0.1, -0.05) is 18.0 Å². The molecule has 7 nitrogen and oxygen atoms in total. The first-order chi connectivity index (χ1) is 14.9. The van der Waals surface area contributed by atoms with Gasteiger partial charge in [0, 0.05) is 29.4 Å². The average molecular weight is 463 g/mol. The molecule has 1 amide bonds. The summed E-state index contributed by atoms with van der Waals surface area (Å²) in [4.78, 5) is 12.8. The standard InChI is InChI=1S/C22H23ClN2O5S/c1-29-20-8-6-18(13-21(20)31(27,28)25-9-3-2-4-10-25)24-22(26)16-11-15-12-17(23)5-7-19(15)30-14-16/h5-8,11-13H,2-4,9-10,14H2,1H3,(H,24,26). The van der Waals surface area contributed by atoms with Gasteiger partial charge in [-0.05, 0) is 55.3 Å². The van der Waals surface area contributed by atoms with Gasteiger partial charge in [-0.3, -0.25) is 4.79 Å². The molecular weight excluding hydrogens is 440 g/mol. The summed E-state index contributed by atoms with van der Waals surface area (Å²) in [7, 11) is -2.30. The number of nitrogens with zero attached hydrogens (tertiary/aromatic N) is 1. The second kappa shape index (κ2) is 8.90. The highest BCUT2D eigenvalue weighted by Gasteiger charge is 2.29. The van der Waals surface area contributed by atoms with Crippen LogP contribution in [0.15, 0.2) is 46.9 Å². The zero-order chi connectivity index (χ0) is 22.0. The van der Waals surface area contributed by atoms with E-state index in [1.807, 2.05) is 0 Å². The van der Waals surface area contributed by atoms with E-state index in [-0.39, 0.29) is 23.2 Å². The molecule has 0 saturated carbocycles. The molecule has 1 N–H and O–H groups in total. The van der Waals surface area contributed by atoms with Crippen LogP contribution in [0.5, 0.6) is 11.5 Å². The number of piperidine rings is 1. The molecule has 0 radical (unpaired) electrons. The van der Waals surface area contributed by atoms with Gasteiger partial charge in [-0.2, -0.15) is 4.31 Å². The zero-order valence-electron chi connectivity index (χ0n) is 17.1. The van der Waals surface area contributed by atoms with Crippen molar-refractivity contribution in [3.05, 3.63) is 52.6 Å². The Labute approximate surface area is 186 Å². The maximum Gasteiger partial charge on any atom is 0.255 e. The summed E-state index contributed by atoms with van der Waals surface area (Å²) in [6, 6.07) is 9.80. The largest absolute Gasteiger partial charge is 0.495 e. The molecule has 0 unspecified atom stereocenters. The van der Waals surface area contributed by atoms with E-state index in [0.717, 1.165) is 19.3 Å². The van der Waals surface area contributed by atoms with Crippen molar-refractivity contribution >= 4 is 39.3 Å². The molecule has 9 heteroatoms. The van der Waals surface area contributed by atoms with Crippen molar-refractivity contribution in [2.75, 3.05) is 32.1 Å². The fourth-order valence-corrected chi connectivity index (χ4v) is 5.57. The van der Waals surface area contributed by atoms with Crippen LogP contribution in [0, 0.1) is 0 Å². The summed E-state index contributed by atoms with van der Waals surface area (Å²) in [5, 5.41) is 3.31. The normalized spacial score (nSPS) is 16.6. The average Bonchev–Trinajstić information content (AvgIpc) is 2.79. The molecule has 164 valence electrons. The van der Waals surface area contributed by atoms with Gasteiger partial charge in [0.15, 0.2) is 0 Å². The third-order valence-electron chi connectivity index (χ3n) is 5.33. The van der Waals surface area contributed by atoms with E-state index in [2.05, 4.69) is 5.32 Å². The molecule has 31 heavy (non-hydrogen) atoms. The van der Waals surface area contributed by atoms with Crippen LogP contribution < -0.4 is 14.8 Å². The van der Waals surface area contributed by atoms with Crippen molar-refractivity contribution < 1.29 is 22.7 Å². The van der Waals surface area contributed by atoms with Gasteiger partial charge in [-0.15, -0.1) is 0 Å². The lowest BCUT2D eigenvalue weighted by Crippen LogP contribution is -2.35. The van der Waals surface area contributed by atoms with E-state index < -0.39 is 10.0 Å². The second-order valence-electron chi connectivity index (χ2n) is 7.42. The van der Waals surface area contributed by atoms with E-state index >= 15 is 0 Å². The van der Waals surface area contributed by atoms with Gasteiger partial charge in [0.1, 0.15) is 23.0 Å². The van der Waals surface area contributed by atoms with Gasteiger partial charge in [0.2, 0.25) is 10.0 Å². The van der Waals surface area contributed by atoms with Crippen LogP contribution in [0.4, 0.5) is 5.69 Å². The van der Waals surface area contributed by atoms with Gasteiger partial charge in [0.05, 0.1) is 12.7 Å². The fraction of sp³-hybridized carbons (Fsp3) is 0.318. The highest BCUT2D eigenvalue weighted by Crippen LogP contribution is 2.32. The first kappa shape index (κ1) is 21.7. The summed E-state index contributed by atoms with van der Waals surface area (Å²) >= 11 is 6.03. The number of ether oxygens (including phenoxy) is 2. The number of carbonyl (C=O) groups excluding carboxylic acids is 1. The summed E-state index contributed by atoms with van der Waals surface area (Å²) < 4.78 is 38.7. The third kappa shape index (κ3) is 4.56. The summed E-state index contributed by atoms with van der Waals surface area (Å²) in [5.41, 5.74) is 1.48. The number of amides is 1. The fourth-order valence-electron chi connectivity index (χ4n) is 3.69. The van der Waals surface area contributed by atoms with Crippen molar-refractivity contribution in [1.82, 2.24) is 4.31 Å². The second-order valence-corrected chi connectivity index (χ2v) is 9.77. The van der Waals surface area contributed by atoms with Crippen LogP contribution in [-0.2, 0) is 14.8 Å². The molecule has 4 rings (SSSR count). The third-order valence-corrected chi connectivity index (χ3v) is 7.49. The monoisotopic (exact) mass is 462 g/mol. The Balaban J connectivity index is 1.59. The summed E-state index contributed by atoms with van der Waals surface area (Å²) in [5.74, 6) is 0.518. The summed E-state index contributed by atoms with van der Waals surface area (Å²) in [6.07, 6.45) is 4.40. The maximum absolute atomic E-state index is 13.2. The number of anilines is 1. The number of fused-ring (bicyclic) bond motifs is 1. The molecule has 0 atom stereocenters. The van der Waals surface area contributed by atoms with Crippen LogP contribution in [0.1, 0.15) is 24.8 Å². The predicted octanol–water partition coefficient (Wildman–Crippen LogP) is 3.94. The number of halogens is 1. The van der Waals surface area contributed by atoms with Crippen molar-refractivity contribution in [1.29, 1.82) is 0 Å². The number of methoxy groups -OCH3 is 1. The lowest BCUT2D eigenvalue weighted by atomic mass is 10.1. The number of sulfonamides is 1. The van der Waals surface area contributed by atoms with Crippen molar-refractivity contribution in [2.24, 2.45) is 0 Å². The zero-order valence-corrected chi connectivity index (χ0v) is 18.6. The molecule has 2 heterocycles. The Kier molecular flexibility index (Phi) is 6.22. The number of hydrogen-bond acceptors (Lipinski definition) is 5. The highest BCUT2D eigenvalue weighted by atomic mass is 35.5. The number of carbonyl (C=O) groups is 1. The quantitative estimate of drug-likeness (QED) is 0.727. The highest BCUT2D eigenvalue weighted by molar-refractivity contribution is 7.89. The van der Waals surface area contributed by atoms with E-state index in [1.165, 1.54) is 17.5 Å². The molecule has 0 spiro atoms. The van der Waals surface area contributed by atoms with Crippen molar-refractivity contribution in [2.45, 2.75) is 24.2 Å². The molecular formula is C22H23ClN2O5S. The van der Waals surface area contributed by atoms with Crippen LogP contribution in [-0.4, -0.2) is 45.4 Å². The van der Waals surface area contributed by atoms with E-state index in [1.54, 1.807) is 36.4 Å². The minimum absolute atomic E-state index is 0.0423. The number of nitrogens with one attached hydrogen (secondary N) is 1. The number of benzene rings is 2. The van der Waals surface area contributed by atoms with Gasteiger partial charge in [-0.25, -0.2) is 8.42 Å². The van der Waals surface area contributed by atoms with Crippen LogP contribution in [0.25, 0.3) is 6.08 Å². The van der Waals surface area contributed by atoms with Gasteiger partial charge < -0.3 is 14.8 Å². The molecule has 1 saturated heterocycles. The van der Waals surface area contributed by atoms with Crippen LogP contribution in [0.2, 0.25) is 5.02 Å². The van der Waals surface area contributed by atoms with Gasteiger partial charge in [0.25, 0.3) is 5.91 Å². The Bertz CT molecular complexity index is 1140. The first-order valence-corrected chi connectivity index (χ1v) is 11.8. The van der Waals surface area contributed by atoms with Crippen LogP contribution in [0.3, 0.4) is 0 Å². The minimum Gasteiger partial charge on any atom is -0.495 e. The smallest absolute Gasteiger partial charge is 0.255 e. The molecule has 0 bridgehead atoms. The maximum atomic E-state index is 13.2. The SMILES string of the molecule is COc1ccc(NC(=O)C2=Cc3cc(Cl)ccc3OC2)cc1S(=O)(=O)N1CCCCC1. The minimum atomic E-state index is -3.73.